The maximum absolute atomic E-state index is 13.7. The van der Waals surface area contributed by atoms with Crippen LogP contribution in [0.1, 0.15) is 44.5 Å². The number of allylic oxidation sites excluding steroid dienone is 5. The van der Waals surface area contributed by atoms with E-state index in [-0.39, 0.29) is 16.9 Å². The second kappa shape index (κ2) is 13.2. The van der Waals surface area contributed by atoms with Gasteiger partial charge in [0.05, 0.1) is 11.3 Å². The summed E-state index contributed by atoms with van der Waals surface area (Å²) in [7, 11) is 1.70. The van der Waals surface area contributed by atoms with E-state index < -0.39 is 17.5 Å². The summed E-state index contributed by atoms with van der Waals surface area (Å²) < 4.78 is 26.8. The predicted octanol–water partition coefficient (Wildman–Crippen LogP) is 5.60. The second-order valence-corrected chi connectivity index (χ2v) is 6.94. The van der Waals surface area contributed by atoms with Gasteiger partial charge in [-0.2, -0.15) is 0 Å². The molecule has 0 unspecified atom stereocenters. The maximum atomic E-state index is 13.7. The highest BCUT2D eigenvalue weighted by Crippen LogP contribution is 2.16. The number of nitrogens with zero attached hydrogens (tertiary/aromatic N) is 1. The minimum atomic E-state index is -0.995. The van der Waals surface area contributed by atoms with Crippen molar-refractivity contribution >= 4 is 17.3 Å². The zero-order chi connectivity index (χ0) is 22.6. The third-order valence-electron chi connectivity index (χ3n) is 3.31. The van der Waals surface area contributed by atoms with Crippen LogP contribution in [-0.2, 0) is 0 Å². The Labute approximate surface area is 172 Å². The van der Waals surface area contributed by atoms with Gasteiger partial charge < -0.3 is 11.1 Å². The Kier molecular flexibility index (Phi) is 11.8. The molecule has 0 bridgehead atoms. The molecule has 0 spiro atoms. The van der Waals surface area contributed by atoms with Crippen LogP contribution in [0.25, 0.3) is 0 Å². The minimum Gasteiger partial charge on any atom is -0.396 e. The van der Waals surface area contributed by atoms with E-state index in [9.17, 15) is 13.6 Å². The molecule has 0 radical (unpaired) electrons. The Morgan fingerprint density at radius 2 is 1.86 bits per heavy atom. The highest BCUT2D eigenvalue weighted by molar-refractivity contribution is 6.00. The van der Waals surface area contributed by atoms with Gasteiger partial charge in [0, 0.05) is 30.9 Å². The van der Waals surface area contributed by atoms with E-state index in [1.807, 2.05) is 6.92 Å². The predicted molar refractivity (Wildman–Crippen MR) is 119 cm³/mol. The van der Waals surface area contributed by atoms with Crippen molar-refractivity contribution in [1.82, 2.24) is 5.32 Å². The summed E-state index contributed by atoms with van der Waals surface area (Å²) in [4.78, 5) is 16.2. The fourth-order valence-corrected chi connectivity index (χ4v) is 1.96. The summed E-state index contributed by atoms with van der Waals surface area (Å²) in [5.74, 6) is -1.84. The molecule has 1 amide bonds. The number of benzene rings is 1. The molecule has 1 aromatic carbocycles. The van der Waals surface area contributed by atoms with Crippen LogP contribution < -0.4 is 11.1 Å². The summed E-state index contributed by atoms with van der Waals surface area (Å²) in [5.41, 5.74) is 6.77. The molecule has 0 saturated heterocycles. The Bertz CT molecular complexity index is 819. The van der Waals surface area contributed by atoms with Gasteiger partial charge in [0.1, 0.15) is 11.6 Å². The van der Waals surface area contributed by atoms with E-state index in [2.05, 4.69) is 44.2 Å². The SMILES string of the molecule is C=CCC(=NC)/C(C)=C/C=C\C(=C)NC(=O)c1cc(N)c(F)cc1F.CC(C)C. The molecular formula is C23H31F2N3O. The number of amides is 1. The highest BCUT2D eigenvalue weighted by Gasteiger charge is 2.15. The molecule has 0 aliphatic carbocycles. The van der Waals surface area contributed by atoms with Gasteiger partial charge in [-0.15, -0.1) is 6.58 Å². The van der Waals surface area contributed by atoms with Crippen molar-refractivity contribution in [2.24, 2.45) is 10.9 Å². The number of anilines is 1. The number of aliphatic imine (C=N–C) groups is 1. The summed E-state index contributed by atoms with van der Waals surface area (Å²) in [6.07, 6.45) is 7.44. The van der Waals surface area contributed by atoms with E-state index in [1.54, 1.807) is 31.4 Å². The third-order valence-corrected chi connectivity index (χ3v) is 3.31. The Morgan fingerprint density at radius 3 is 2.38 bits per heavy atom. The van der Waals surface area contributed by atoms with Crippen LogP contribution in [0.15, 0.2) is 65.9 Å². The lowest BCUT2D eigenvalue weighted by Gasteiger charge is -2.07. The average Bonchev–Trinajstić information content (AvgIpc) is 2.61. The number of hydrogen-bond donors (Lipinski definition) is 2. The first-order chi connectivity index (χ1) is 13.5. The van der Waals surface area contributed by atoms with Crippen molar-refractivity contribution in [1.29, 1.82) is 0 Å². The number of rotatable bonds is 7. The van der Waals surface area contributed by atoms with Crippen LogP contribution in [-0.4, -0.2) is 18.7 Å². The van der Waals surface area contributed by atoms with Crippen LogP contribution in [0.4, 0.5) is 14.5 Å². The number of carbonyl (C=O) groups is 1. The quantitative estimate of drug-likeness (QED) is 0.269. The van der Waals surface area contributed by atoms with E-state index in [0.717, 1.165) is 23.3 Å². The van der Waals surface area contributed by atoms with Crippen LogP contribution in [0.2, 0.25) is 0 Å². The lowest BCUT2D eigenvalue weighted by molar-refractivity contribution is 0.0963. The number of nitrogen functional groups attached to an aromatic ring is 1. The van der Waals surface area contributed by atoms with E-state index in [4.69, 9.17) is 5.73 Å². The molecule has 0 aliphatic rings. The Morgan fingerprint density at radius 1 is 1.28 bits per heavy atom. The summed E-state index contributed by atoms with van der Waals surface area (Å²) in [6, 6.07) is 1.51. The number of halogens is 2. The second-order valence-electron chi connectivity index (χ2n) is 6.94. The first-order valence-corrected chi connectivity index (χ1v) is 9.20. The molecule has 0 aliphatic heterocycles. The molecular weight excluding hydrogens is 372 g/mol. The molecule has 3 N–H and O–H groups in total. The normalized spacial score (nSPS) is 11.9. The number of nitrogens with one attached hydrogen (secondary N) is 1. The number of hydrogen-bond acceptors (Lipinski definition) is 3. The molecule has 0 heterocycles. The van der Waals surface area contributed by atoms with Crippen LogP contribution in [0.3, 0.4) is 0 Å². The summed E-state index contributed by atoms with van der Waals surface area (Å²) in [5, 5.41) is 2.41. The zero-order valence-corrected chi connectivity index (χ0v) is 17.9. The van der Waals surface area contributed by atoms with Crippen molar-refractivity contribution in [2.75, 3.05) is 12.8 Å². The van der Waals surface area contributed by atoms with Crippen molar-refractivity contribution in [3.05, 3.63) is 78.1 Å². The van der Waals surface area contributed by atoms with Crippen LogP contribution in [0.5, 0.6) is 0 Å². The fourth-order valence-electron chi connectivity index (χ4n) is 1.96. The van der Waals surface area contributed by atoms with Gasteiger partial charge in [-0.05, 0) is 30.6 Å². The Hall–Kier alpha value is -3.02. The number of nitrogens with two attached hydrogens (primary N) is 1. The minimum absolute atomic E-state index is 0.245. The topological polar surface area (TPSA) is 67.5 Å². The van der Waals surface area contributed by atoms with Gasteiger partial charge in [-0.1, -0.05) is 45.6 Å². The monoisotopic (exact) mass is 403 g/mol. The maximum Gasteiger partial charge on any atom is 0.258 e. The Balaban J connectivity index is 0.00000178. The van der Waals surface area contributed by atoms with Crippen molar-refractivity contribution in [2.45, 2.75) is 34.1 Å². The fraction of sp³-hybridized carbons (Fsp3) is 0.304. The first kappa shape index (κ1) is 26.0. The third kappa shape index (κ3) is 10.2. The van der Waals surface area contributed by atoms with Gasteiger partial charge in [0.15, 0.2) is 0 Å². The number of carbonyl (C=O) groups excluding carboxylic acids is 1. The van der Waals surface area contributed by atoms with Gasteiger partial charge >= 0.3 is 0 Å². The molecule has 1 aromatic rings. The van der Waals surface area contributed by atoms with Crippen molar-refractivity contribution < 1.29 is 13.6 Å². The molecule has 4 nitrogen and oxygen atoms in total. The summed E-state index contributed by atoms with van der Waals surface area (Å²) >= 11 is 0. The van der Waals surface area contributed by atoms with E-state index >= 15 is 0 Å². The largest absolute Gasteiger partial charge is 0.396 e. The molecule has 6 heteroatoms. The first-order valence-electron chi connectivity index (χ1n) is 9.20. The van der Waals surface area contributed by atoms with Gasteiger partial charge in [0.25, 0.3) is 5.91 Å². The molecule has 158 valence electrons. The van der Waals surface area contributed by atoms with Gasteiger partial charge in [-0.3, -0.25) is 9.79 Å². The van der Waals surface area contributed by atoms with Gasteiger partial charge in [0.2, 0.25) is 0 Å². The summed E-state index contributed by atoms with van der Waals surface area (Å²) in [6.45, 7) is 15.7. The molecule has 0 aromatic heterocycles. The molecule has 0 saturated carbocycles. The standard InChI is InChI=1S/C19H21F2N3O.C4H10/c1-5-7-18(23-4)12(2)8-6-9-13(3)24-19(25)14-10-17(22)16(21)11-15(14)20;1-4(2)3/h5-6,8-11H,1,3,7,22H2,2,4H3,(H,24,25);4H,1-3H3/b9-6-,12-8+,23-18?;. The highest BCUT2D eigenvalue weighted by atomic mass is 19.1. The smallest absolute Gasteiger partial charge is 0.258 e. The van der Waals surface area contributed by atoms with Crippen LogP contribution >= 0.6 is 0 Å². The average molecular weight is 404 g/mol. The van der Waals surface area contributed by atoms with Crippen molar-refractivity contribution in [3.63, 3.8) is 0 Å². The zero-order valence-electron chi connectivity index (χ0n) is 17.9. The molecule has 29 heavy (non-hydrogen) atoms. The van der Waals surface area contributed by atoms with Gasteiger partial charge in [-0.25, -0.2) is 8.78 Å². The molecule has 0 fully saturated rings. The molecule has 0 atom stereocenters. The van der Waals surface area contributed by atoms with E-state index in [1.165, 1.54) is 0 Å². The lowest BCUT2D eigenvalue weighted by Crippen LogP contribution is -2.22. The lowest BCUT2D eigenvalue weighted by atomic mass is 10.1. The van der Waals surface area contributed by atoms with Crippen molar-refractivity contribution in [3.8, 4) is 0 Å². The molecule has 1 rings (SSSR count). The van der Waals surface area contributed by atoms with Crippen LogP contribution in [0, 0.1) is 17.6 Å². The van der Waals surface area contributed by atoms with E-state index in [0.29, 0.717) is 12.5 Å².